The highest BCUT2D eigenvalue weighted by Gasteiger charge is 2.40. The van der Waals surface area contributed by atoms with E-state index in [0.29, 0.717) is 49.1 Å². The molecule has 6 rings (SSSR count). The van der Waals surface area contributed by atoms with Crippen LogP contribution in [0, 0.1) is 0 Å². The van der Waals surface area contributed by atoms with Crippen molar-refractivity contribution in [2.24, 2.45) is 0 Å². The average molecular weight is 683 g/mol. The van der Waals surface area contributed by atoms with Crippen molar-refractivity contribution in [3.8, 4) is 0 Å². The fourth-order valence-corrected chi connectivity index (χ4v) is 14.9. The van der Waals surface area contributed by atoms with E-state index in [1.54, 1.807) is 0 Å². The van der Waals surface area contributed by atoms with Crippen LogP contribution in [0.2, 0.25) is 0 Å². The summed E-state index contributed by atoms with van der Waals surface area (Å²) in [7, 11) is -0.401. The van der Waals surface area contributed by atoms with Gasteiger partial charge in [0.1, 0.15) is 0 Å². The molecule has 2 heterocycles. The second-order valence-corrected chi connectivity index (χ2v) is 19.1. The zero-order valence-electron chi connectivity index (χ0n) is 28.3. The second kappa shape index (κ2) is 19.7. The van der Waals surface area contributed by atoms with Crippen LogP contribution in [0.25, 0.3) is 0 Å². The monoisotopic (exact) mass is 682 g/mol. The summed E-state index contributed by atoms with van der Waals surface area (Å²) in [6.45, 7) is 6.24. The average Bonchev–Trinajstić information content (AvgIpc) is 3.71. The van der Waals surface area contributed by atoms with Gasteiger partial charge in [-0.25, -0.2) is 0 Å². The summed E-state index contributed by atoms with van der Waals surface area (Å²) in [5.74, 6) is 0. The van der Waals surface area contributed by atoms with Crippen LogP contribution in [-0.4, -0.2) is 61.4 Å². The van der Waals surface area contributed by atoms with Gasteiger partial charge >= 0.3 is 0 Å². The highest BCUT2D eigenvalue weighted by molar-refractivity contribution is 7.63. The maximum absolute atomic E-state index is 6.40. The topological polar surface area (TPSA) is 36.9 Å². The van der Waals surface area contributed by atoms with Gasteiger partial charge in [0.05, 0.1) is 52.9 Å². The number of ether oxygens (including phenoxy) is 4. The first-order chi connectivity index (χ1) is 23.8. The third-order valence-corrected chi connectivity index (χ3v) is 17.1. The van der Waals surface area contributed by atoms with Crippen LogP contribution in [0.1, 0.15) is 47.9 Å². The molecule has 0 bridgehead atoms. The van der Waals surface area contributed by atoms with E-state index in [4.69, 9.17) is 18.9 Å². The van der Waals surface area contributed by atoms with Crippen molar-refractivity contribution < 1.29 is 18.9 Å². The van der Waals surface area contributed by atoms with Gasteiger partial charge in [-0.15, -0.1) is 0 Å². The summed E-state index contributed by atoms with van der Waals surface area (Å²) in [5.41, 5.74) is 7.61. The van der Waals surface area contributed by atoms with E-state index < -0.39 is 0 Å². The molecular formula is C42H52O4P2. The lowest BCUT2D eigenvalue weighted by atomic mass is 10.2. The summed E-state index contributed by atoms with van der Waals surface area (Å²) in [4.78, 5) is 0. The molecule has 0 saturated carbocycles. The highest BCUT2D eigenvalue weighted by Crippen LogP contribution is 2.61. The van der Waals surface area contributed by atoms with E-state index >= 15 is 0 Å². The lowest BCUT2D eigenvalue weighted by Crippen LogP contribution is -2.21. The third kappa shape index (κ3) is 11.0. The van der Waals surface area contributed by atoms with E-state index in [9.17, 15) is 0 Å². The molecule has 0 amide bonds. The molecule has 2 fully saturated rings. The smallest absolute Gasteiger partial charge is 0.0717 e. The minimum atomic E-state index is -0.201. The summed E-state index contributed by atoms with van der Waals surface area (Å²) in [5, 5.41) is 0. The summed E-state index contributed by atoms with van der Waals surface area (Å²) >= 11 is 0. The molecule has 0 radical (unpaired) electrons. The van der Waals surface area contributed by atoms with Crippen LogP contribution in [0.5, 0.6) is 0 Å². The Morgan fingerprint density at radius 1 is 0.354 bits per heavy atom. The van der Waals surface area contributed by atoms with E-state index in [0.717, 1.165) is 26.4 Å². The van der Waals surface area contributed by atoms with E-state index in [1.807, 2.05) is 0 Å². The predicted molar refractivity (Wildman–Crippen MR) is 202 cm³/mol. The van der Waals surface area contributed by atoms with Crippen molar-refractivity contribution in [2.75, 3.05) is 38.8 Å². The lowest BCUT2D eigenvalue weighted by Gasteiger charge is -2.31. The van der Waals surface area contributed by atoms with Crippen LogP contribution in [-0.2, 0) is 45.4 Å². The molecule has 2 saturated heterocycles. The third-order valence-electron chi connectivity index (χ3n) is 9.85. The van der Waals surface area contributed by atoms with Crippen LogP contribution in [0.15, 0.2) is 121 Å². The normalized spacial score (nSPS) is 21.6. The SMILES string of the molecule is c1ccc(COC[C@H]2CC[C@H](COCc3ccccc3)P2CCP2[C@@H](COCc3ccccc3)CC[C@@H]2COCc2ccccc2)cc1. The molecule has 2 aliphatic rings. The molecule has 0 aliphatic carbocycles. The van der Waals surface area contributed by atoms with Crippen molar-refractivity contribution in [3.63, 3.8) is 0 Å². The van der Waals surface area contributed by atoms with E-state index in [-0.39, 0.29) is 15.8 Å². The Bertz CT molecular complexity index is 1210. The van der Waals surface area contributed by atoms with Crippen LogP contribution in [0.3, 0.4) is 0 Å². The Kier molecular flexibility index (Phi) is 14.5. The quantitative estimate of drug-likeness (QED) is 0.0923. The van der Waals surface area contributed by atoms with Gasteiger partial charge in [0, 0.05) is 22.6 Å². The lowest BCUT2D eigenvalue weighted by molar-refractivity contribution is 0.118. The zero-order chi connectivity index (χ0) is 32.6. The van der Waals surface area contributed by atoms with Gasteiger partial charge in [-0.1, -0.05) is 137 Å². The first-order valence-corrected chi connectivity index (χ1v) is 21.1. The largest absolute Gasteiger partial charge is 0.376 e. The van der Waals surface area contributed by atoms with Crippen LogP contribution < -0.4 is 0 Å². The molecule has 4 atom stereocenters. The molecule has 0 aromatic heterocycles. The minimum absolute atomic E-state index is 0.201. The highest BCUT2D eigenvalue weighted by atomic mass is 31.1. The van der Waals surface area contributed by atoms with Crippen molar-refractivity contribution in [3.05, 3.63) is 144 Å². The van der Waals surface area contributed by atoms with Gasteiger partial charge < -0.3 is 18.9 Å². The summed E-state index contributed by atoms with van der Waals surface area (Å²) < 4.78 is 25.6. The van der Waals surface area contributed by atoms with Crippen molar-refractivity contribution >= 4 is 15.8 Å². The number of benzene rings is 4. The molecule has 0 unspecified atom stereocenters. The molecule has 0 N–H and O–H groups in total. The summed E-state index contributed by atoms with van der Waals surface area (Å²) in [6.07, 6.45) is 7.64. The predicted octanol–water partition coefficient (Wildman–Crippen LogP) is 9.88. The molecule has 6 heteroatoms. The first-order valence-electron chi connectivity index (χ1n) is 17.8. The zero-order valence-corrected chi connectivity index (χ0v) is 30.1. The Morgan fingerprint density at radius 3 is 0.812 bits per heavy atom. The van der Waals surface area contributed by atoms with Gasteiger partial charge in [0.25, 0.3) is 0 Å². The molecule has 4 nitrogen and oxygen atoms in total. The molecular weight excluding hydrogens is 630 g/mol. The van der Waals surface area contributed by atoms with Crippen molar-refractivity contribution in [1.82, 2.24) is 0 Å². The van der Waals surface area contributed by atoms with Gasteiger partial charge in [0.15, 0.2) is 0 Å². The standard InChI is InChI=1S/C42H52O4P2/c1-5-13-35(14-6-1)27-43-31-39-21-22-40(32-44-28-36-15-7-2-8-16-36)47(39)25-26-48-41(33-45-29-37-17-9-3-10-18-37)23-24-42(48)34-46-30-38-19-11-4-12-20-38/h1-20,39-42H,21-34H2/t39-,40-,41-,42-/m1/s1. The number of hydrogen-bond acceptors (Lipinski definition) is 4. The maximum atomic E-state index is 6.40. The molecule has 48 heavy (non-hydrogen) atoms. The Labute approximate surface area is 291 Å². The second-order valence-electron chi connectivity index (χ2n) is 13.2. The molecule has 0 spiro atoms. The van der Waals surface area contributed by atoms with E-state index in [1.165, 1.54) is 60.3 Å². The Hall–Kier alpha value is -2.42. The number of hydrogen-bond donors (Lipinski definition) is 0. The summed E-state index contributed by atoms with van der Waals surface area (Å²) in [6, 6.07) is 42.4. The molecule has 2 aliphatic heterocycles. The van der Waals surface area contributed by atoms with Crippen LogP contribution in [0.4, 0.5) is 0 Å². The van der Waals surface area contributed by atoms with Crippen molar-refractivity contribution in [2.45, 2.75) is 74.7 Å². The Morgan fingerprint density at radius 2 is 0.583 bits per heavy atom. The fraction of sp³-hybridized carbons (Fsp3) is 0.429. The molecule has 254 valence electrons. The van der Waals surface area contributed by atoms with Crippen LogP contribution >= 0.6 is 15.8 Å². The van der Waals surface area contributed by atoms with Gasteiger partial charge in [-0.05, 0) is 60.3 Å². The molecule has 4 aromatic carbocycles. The first kappa shape index (κ1) is 35.4. The van der Waals surface area contributed by atoms with Gasteiger partial charge in [-0.3, -0.25) is 0 Å². The molecule has 4 aromatic rings. The van der Waals surface area contributed by atoms with E-state index in [2.05, 4.69) is 121 Å². The number of rotatable bonds is 19. The van der Waals surface area contributed by atoms with Crippen molar-refractivity contribution in [1.29, 1.82) is 0 Å². The maximum Gasteiger partial charge on any atom is 0.0717 e. The fourth-order valence-electron chi connectivity index (χ4n) is 7.25. The van der Waals surface area contributed by atoms with Gasteiger partial charge in [0.2, 0.25) is 0 Å². The minimum Gasteiger partial charge on any atom is -0.376 e. The van der Waals surface area contributed by atoms with Gasteiger partial charge in [-0.2, -0.15) is 0 Å². The Balaban J connectivity index is 1.08.